The molecule has 7 heteroatoms. The first-order valence-electron chi connectivity index (χ1n) is 10.5. The van der Waals surface area contributed by atoms with Crippen molar-refractivity contribution in [1.29, 1.82) is 0 Å². The summed E-state index contributed by atoms with van der Waals surface area (Å²) >= 11 is 0. The summed E-state index contributed by atoms with van der Waals surface area (Å²) in [5.74, 6) is 0.522. The summed E-state index contributed by atoms with van der Waals surface area (Å²) in [5.41, 5.74) is 3.85. The van der Waals surface area contributed by atoms with Crippen LogP contribution in [0.15, 0.2) is 36.4 Å². The van der Waals surface area contributed by atoms with E-state index in [9.17, 15) is 4.79 Å². The van der Waals surface area contributed by atoms with E-state index in [4.69, 9.17) is 9.84 Å². The van der Waals surface area contributed by atoms with Crippen LogP contribution in [-0.4, -0.2) is 33.2 Å². The van der Waals surface area contributed by atoms with Crippen molar-refractivity contribution in [2.75, 3.05) is 12.4 Å². The van der Waals surface area contributed by atoms with Crippen LogP contribution in [0, 0.1) is 5.92 Å². The van der Waals surface area contributed by atoms with Gasteiger partial charge in [0.2, 0.25) is 0 Å². The van der Waals surface area contributed by atoms with E-state index in [1.54, 1.807) is 30.0 Å². The molecule has 1 aromatic heterocycles. The number of hydrogen-bond acceptors (Lipinski definition) is 5. The molecule has 1 heterocycles. The van der Waals surface area contributed by atoms with E-state index in [1.807, 2.05) is 12.1 Å². The second-order valence-corrected chi connectivity index (χ2v) is 7.58. The van der Waals surface area contributed by atoms with Crippen LogP contribution in [0.4, 0.5) is 5.69 Å². The molecule has 0 amide bonds. The summed E-state index contributed by atoms with van der Waals surface area (Å²) in [6.45, 7) is 4.92. The highest BCUT2D eigenvalue weighted by atomic mass is 16.5. The number of anilines is 1. The van der Waals surface area contributed by atoms with Crippen LogP contribution >= 0.6 is 0 Å². The molecule has 2 aromatic carbocycles. The zero-order valence-electron chi connectivity index (χ0n) is 17.9. The Morgan fingerprint density at radius 3 is 2.77 bits per heavy atom. The van der Waals surface area contributed by atoms with E-state index in [1.165, 1.54) is 24.8 Å². The molecule has 0 saturated carbocycles. The number of carbonyl (C=O) groups is 1. The van der Waals surface area contributed by atoms with Crippen LogP contribution in [0.2, 0.25) is 0 Å². The number of nitrogens with one attached hydrogen (secondary N) is 1. The Kier molecular flexibility index (Phi) is 7.27. The van der Waals surface area contributed by atoms with Crippen LogP contribution in [0.25, 0.3) is 11.0 Å². The summed E-state index contributed by atoms with van der Waals surface area (Å²) < 4.78 is 7.18. The first-order chi connectivity index (χ1) is 14.5. The Morgan fingerprint density at radius 1 is 1.23 bits per heavy atom. The van der Waals surface area contributed by atoms with Gasteiger partial charge >= 0.3 is 5.97 Å². The number of carboxylic acids is 1. The molecule has 0 radical (unpaired) electrons. The maximum atomic E-state index is 11.2. The summed E-state index contributed by atoms with van der Waals surface area (Å²) in [6, 6.07) is 11.0. The predicted octanol–water partition coefficient (Wildman–Crippen LogP) is 4.97. The van der Waals surface area contributed by atoms with E-state index in [0.29, 0.717) is 18.1 Å². The largest absolute Gasteiger partial charge is 0.497 e. The fraction of sp³-hybridized carbons (Fsp3) is 0.435. The van der Waals surface area contributed by atoms with Crippen molar-refractivity contribution in [3.8, 4) is 5.75 Å². The monoisotopic (exact) mass is 410 g/mol. The number of aromatic carboxylic acids is 1. The van der Waals surface area contributed by atoms with E-state index >= 15 is 0 Å². The Hall–Kier alpha value is -3.09. The van der Waals surface area contributed by atoms with Gasteiger partial charge in [0.15, 0.2) is 0 Å². The average Bonchev–Trinajstić information content (AvgIpc) is 3.17. The fourth-order valence-electron chi connectivity index (χ4n) is 3.67. The predicted molar refractivity (Wildman–Crippen MR) is 118 cm³/mol. The summed E-state index contributed by atoms with van der Waals surface area (Å²) in [7, 11) is 1.69. The molecule has 7 nitrogen and oxygen atoms in total. The second kappa shape index (κ2) is 10.1. The number of rotatable bonds is 11. The zero-order chi connectivity index (χ0) is 21.5. The minimum absolute atomic E-state index is 0.206. The molecule has 0 aliphatic rings. The minimum atomic E-state index is -0.971. The number of nitrogens with zero attached hydrogens (tertiary/aromatic N) is 3. The fourth-order valence-corrected chi connectivity index (χ4v) is 3.67. The molecule has 0 aliphatic heterocycles. The molecule has 0 aliphatic carbocycles. The van der Waals surface area contributed by atoms with E-state index in [-0.39, 0.29) is 5.56 Å². The van der Waals surface area contributed by atoms with Crippen LogP contribution < -0.4 is 10.1 Å². The number of carboxylic acid groups (broad SMARTS) is 1. The number of unbranched alkanes of at least 4 members (excludes halogenated alkanes) is 1. The first kappa shape index (κ1) is 21.6. The quantitative estimate of drug-likeness (QED) is 0.464. The molecule has 0 fully saturated rings. The maximum Gasteiger partial charge on any atom is 0.335 e. The van der Waals surface area contributed by atoms with Gasteiger partial charge in [0.1, 0.15) is 17.9 Å². The Morgan fingerprint density at radius 2 is 2.07 bits per heavy atom. The first-order valence-corrected chi connectivity index (χ1v) is 10.5. The summed E-state index contributed by atoms with van der Waals surface area (Å²) in [5, 5.41) is 20.9. The molecular formula is C23H30N4O3. The third-order valence-electron chi connectivity index (χ3n) is 5.54. The lowest BCUT2D eigenvalue weighted by atomic mass is 9.91. The van der Waals surface area contributed by atoms with Gasteiger partial charge in [-0.2, -0.15) is 0 Å². The smallest absolute Gasteiger partial charge is 0.335 e. The number of hydrogen-bond donors (Lipinski definition) is 2. The van der Waals surface area contributed by atoms with Crippen molar-refractivity contribution in [2.45, 2.75) is 52.6 Å². The molecule has 3 aromatic rings. The van der Waals surface area contributed by atoms with Crippen molar-refractivity contribution in [2.24, 2.45) is 5.92 Å². The van der Waals surface area contributed by atoms with Crippen LogP contribution in [0.5, 0.6) is 5.75 Å². The molecule has 1 unspecified atom stereocenters. The third kappa shape index (κ3) is 5.09. The van der Waals surface area contributed by atoms with Gasteiger partial charge < -0.3 is 15.2 Å². The Balaban J connectivity index is 1.79. The van der Waals surface area contributed by atoms with Crippen LogP contribution in [0.3, 0.4) is 0 Å². The van der Waals surface area contributed by atoms with Crippen molar-refractivity contribution < 1.29 is 14.6 Å². The maximum absolute atomic E-state index is 11.2. The normalized spacial score (nSPS) is 12.1. The van der Waals surface area contributed by atoms with Crippen molar-refractivity contribution >= 4 is 22.7 Å². The van der Waals surface area contributed by atoms with E-state index < -0.39 is 5.97 Å². The zero-order valence-corrected chi connectivity index (χ0v) is 17.9. The lowest BCUT2D eigenvalue weighted by Gasteiger charge is -2.19. The van der Waals surface area contributed by atoms with Crippen molar-refractivity contribution in [3.05, 3.63) is 47.5 Å². The van der Waals surface area contributed by atoms with Gasteiger partial charge in [-0.1, -0.05) is 44.7 Å². The second-order valence-electron chi connectivity index (χ2n) is 7.58. The van der Waals surface area contributed by atoms with Gasteiger partial charge in [-0.05, 0) is 54.3 Å². The van der Waals surface area contributed by atoms with Crippen molar-refractivity contribution in [1.82, 2.24) is 15.0 Å². The van der Waals surface area contributed by atoms with Gasteiger partial charge in [0, 0.05) is 5.69 Å². The standard InChI is InChI=1S/C23H30N4O3/c1-4-6-7-16(5-2)12-18-13-19(30-3)9-10-20(18)24-15-27-22-11-8-17(23(28)29)14-21(22)25-26-27/h8-11,13-14,16,24H,4-7,12,15H2,1-3H3,(H,28,29). The summed E-state index contributed by atoms with van der Waals surface area (Å²) in [6.07, 6.45) is 5.83. The molecule has 160 valence electrons. The molecule has 1 atom stereocenters. The molecule has 0 bridgehead atoms. The van der Waals surface area contributed by atoms with Gasteiger partial charge in [-0.25, -0.2) is 9.48 Å². The molecular weight excluding hydrogens is 380 g/mol. The third-order valence-corrected chi connectivity index (χ3v) is 5.54. The number of methoxy groups -OCH3 is 1. The molecule has 0 saturated heterocycles. The van der Waals surface area contributed by atoms with Gasteiger partial charge in [0.25, 0.3) is 0 Å². The highest BCUT2D eigenvalue weighted by Gasteiger charge is 2.13. The SMILES string of the molecule is CCCCC(CC)Cc1cc(OC)ccc1NCn1nnc2cc(C(=O)O)ccc21. The molecule has 30 heavy (non-hydrogen) atoms. The van der Waals surface area contributed by atoms with Gasteiger partial charge in [-0.3, -0.25) is 0 Å². The van der Waals surface area contributed by atoms with E-state index in [2.05, 4.69) is 35.5 Å². The highest BCUT2D eigenvalue weighted by molar-refractivity contribution is 5.92. The van der Waals surface area contributed by atoms with Crippen LogP contribution in [0.1, 0.15) is 55.5 Å². The molecule has 3 rings (SSSR count). The van der Waals surface area contributed by atoms with Gasteiger partial charge in [0.05, 0.1) is 18.2 Å². The Bertz CT molecular complexity index is 999. The number of ether oxygens (including phenoxy) is 1. The molecule has 0 spiro atoms. The lowest BCUT2D eigenvalue weighted by Crippen LogP contribution is -2.12. The van der Waals surface area contributed by atoms with Crippen molar-refractivity contribution in [3.63, 3.8) is 0 Å². The molecule has 2 N–H and O–H groups in total. The lowest BCUT2D eigenvalue weighted by molar-refractivity contribution is 0.0697. The van der Waals surface area contributed by atoms with Gasteiger partial charge in [-0.15, -0.1) is 5.10 Å². The number of benzene rings is 2. The van der Waals surface area contributed by atoms with E-state index in [0.717, 1.165) is 29.8 Å². The number of fused-ring (bicyclic) bond motifs is 1. The highest BCUT2D eigenvalue weighted by Crippen LogP contribution is 2.28. The number of aromatic nitrogens is 3. The van der Waals surface area contributed by atoms with Crippen LogP contribution in [-0.2, 0) is 13.1 Å². The topological polar surface area (TPSA) is 89.3 Å². The minimum Gasteiger partial charge on any atom is -0.497 e. The Labute approximate surface area is 177 Å². The summed E-state index contributed by atoms with van der Waals surface area (Å²) in [4.78, 5) is 11.2. The average molecular weight is 411 g/mol.